The van der Waals surface area contributed by atoms with Crippen molar-refractivity contribution < 1.29 is 9.53 Å². The summed E-state index contributed by atoms with van der Waals surface area (Å²) in [4.78, 5) is 25.9. The van der Waals surface area contributed by atoms with Gasteiger partial charge in [0.2, 0.25) is 17.8 Å². The lowest BCUT2D eigenvalue weighted by atomic mass is 9.85. The number of imidazole rings is 1. The van der Waals surface area contributed by atoms with Crippen molar-refractivity contribution in [2.45, 2.75) is 63.6 Å². The van der Waals surface area contributed by atoms with Crippen LogP contribution in [0.4, 0.5) is 17.6 Å². The summed E-state index contributed by atoms with van der Waals surface area (Å²) in [6, 6.07) is 7.96. The number of carbonyl (C=O) groups is 1. The average Bonchev–Trinajstić information content (AvgIpc) is 3.16. The Hall–Kier alpha value is -2.91. The van der Waals surface area contributed by atoms with Crippen LogP contribution in [0, 0.1) is 5.92 Å². The second-order valence-corrected chi connectivity index (χ2v) is 9.73. The summed E-state index contributed by atoms with van der Waals surface area (Å²) in [5.74, 6) is 0.988. The smallest absolute Gasteiger partial charge is 0.224 e. The van der Waals surface area contributed by atoms with Crippen LogP contribution in [-0.2, 0) is 9.53 Å². The number of nitrogens with zero attached hydrogens (tertiary/aromatic N) is 4. The number of amides is 1. The Morgan fingerprint density at radius 2 is 2.03 bits per heavy atom. The first-order chi connectivity index (χ1) is 16.5. The minimum Gasteiger partial charge on any atom is -0.378 e. The van der Waals surface area contributed by atoms with Crippen LogP contribution in [0.2, 0.25) is 5.02 Å². The van der Waals surface area contributed by atoms with Crippen LogP contribution in [0.15, 0.2) is 30.5 Å². The molecule has 2 aliphatic rings. The molecule has 1 saturated heterocycles. The number of carbonyl (C=O) groups excluding carboxylic acids is 1. The van der Waals surface area contributed by atoms with Gasteiger partial charge in [-0.2, -0.15) is 4.98 Å². The zero-order chi connectivity index (χ0) is 23.7. The van der Waals surface area contributed by atoms with Gasteiger partial charge in [-0.3, -0.25) is 9.36 Å². The maximum absolute atomic E-state index is 11.7. The van der Waals surface area contributed by atoms with Crippen molar-refractivity contribution >= 4 is 46.3 Å². The van der Waals surface area contributed by atoms with Gasteiger partial charge in [-0.1, -0.05) is 17.7 Å². The first kappa shape index (κ1) is 22.9. The number of halogens is 1. The van der Waals surface area contributed by atoms with Gasteiger partial charge in [0.25, 0.3) is 0 Å². The van der Waals surface area contributed by atoms with Crippen LogP contribution in [-0.4, -0.2) is 44.2 Å². The molecule has 3 aromatic rings. The SMILES string of the molecule is C[C@H]1C[C@@H](Nc2ncc3nc(Nc4cccc(Cl)c4)n(C4CCC(C(N)=O)CC4)c3n2)CCO1. The molecule has 0 unspecified atom stereocenters. The van der Waals surface area contributed by atoms with Gasteiger partial charge in [0.05, 0.1) is 12.3 Å². The molecule has 1 aromatic carbocycles. The first-order valence-electron chi connectivity index (χ1n) is 11.9. The summed E-state index contributed by atoms with van der Waals surface area (Å²) in [5.41, 5.74) is 7.89. The second kappa shape index (κ2) is 9.76. The lowest BCUT2D eigenvalue weighted by Gasteiger charge is -2.29. The molecule has 10 heteroatoms. The Labute approximate surface area is 203 Å². The number of nitrogens with two attached hydrogens (primary N) is 1. The third-order valence-electron chi connectivity index (χ3n) is 6.80. The largest absolute Gasteiger partial charge is 0.378 e. The van der Waals surface area contributed by atoms with Crippen molar-refractivity contribution in [1.82, 2.24) is 19.5 Å². The molecule has 1 aliphatic carbocycles. The van der Waals surface area contributed by atoms with Crippen molar-refractivity contribution in [3.8, 4) is 0 Å². The molecule has 1 amide bonds. The predicted molar refractivity (Wildman–Crippen MR) is 132 cm³/mol. The van der Waals surface area contributed by atoms with E-state index in [1.54, 1.807) is 6.20 Å². The number of fused-ring (bicyclic) bond motifs is 1. The summed E-state index contributed by atoms with van der Waals surface area (Å²) in [6.45, 7) is 2.82. The third-order valence-corrected chi connectivity index (χ3v) is 7.03. The molecule has 0 spiro atoms. The maximum Gasteiger partial charge on any atom is 0.224 e. The van der Waals surface area contributed by atoms with E-state index in [1.165, 1.54) is 0 Å². The standard InChI is InChI=1S/C24H30ClN7O2/c1-14-11-18(9-10-34-14)28-23-27-13-20-22(31-23)32(19-7-5-15(6-8-19)21(26)33)24(30-20)29-17-4-2-3-16(25)12-17/h2-4,12-15,18-19H,5-11H2,1H3,(H2,26,33)(H,29,30)(H,27,28,31)/t14-,15?,18-,19?/m0/s1. The molecule has 2 atom stereocenters. The van der Waals surface area contributed by atoms with Crippen molar-refractivity contribution in [3.05, 3.63) is 35.5 Å². The molecule has 2 aromatic heterocycles. The molecule has 0 bridgehead atoms. The van der Waals surface area contributed by atoms with E-state index in [9.17, 15) is 4.79 Å². The Bertz CT molecular complexity index is 1180. The Kier molecular flexibility index (Phi) is 6.56. The molecule has 2 fully saturated rings. The van der Waals surface area contributed by atoms with Gasteiger partial charge < -0.3 is 21.1 Å². The molecule has 1 saturated carbocycles. The molecule has 9 nitrogen and oxygen atoms in total. The molecule has 1 aliphatic heterocycles. The fraction of sp³-hybridized carbons (Fsp3) is 0.500. The van der Waals surface area contributed by atoms with Gasteiger partial charge in [0.1, 0.15) is 5.52 Å². The first-order valence-corrected chi connectivity index (χ1v) is 12.3. The predicted octanol–water partition coefficient (Wildman–Crippen LogP) is 4.42. The van der Waals surface area contributed by atoms with Gasteiger partial charge in [0, 0.05) is 35.3 Å². The highest BCUT2D eigenvalue weighted by Gasteiger charge is 2.29. The monoisotopic (exact) mass is 483 g/mol. The van der Waals surface area contributed by atoms with E-state index in [-0.39, 0.29) is 30.0 Å². The number of aromatic nitrogens is 4. The van der Waals surface area contributed by atoms with Crippen molar-refractivity contribution in [3.63, 3.8) is 0 Å². The van der Waals surface area contributed by atoms with E-state index in [0.29, 0.717) is 22.4 Å². The Balaban J connectivity index is 1.48. The average molecular weight is 484 g/mol. The molecular weight excluding hydrogens is 454 g/mol. The van der Waals surface area contributed by atoms with E-state index < -0.39 is 0 Å². The van der Waals surface area contributed by atoms with Crippen molar-refractivity contribution in [1.29, 1.82) is 0 Å². The van der Waals surface area contributed by atoms with E-state index in [2.05, 4.69) is 27.1 Å². The van der Waals surface area contributed by atoms with Crippen LogP contribution in [0.25, 0.3) is 11.2 Å². The third kappa shape index (κ3) is 4.95. The number of nitrogens with one attached hydrogen (secondary N) is 2. The summed E-state index contributed by atoms with van der Waals surface area (Å²) < 4.78 is 7.81. The fourth-order valence-corrected chi connectivity index (χ4v) is 5.21. The van der Waals surface area contributed by atoms with Gasteiger partial charge in [-0.15, -0.1) is 0 Å². The van der Waals surface area contributed by atoms with E-state index >= 15 is 0 Å². The molecular formula is C24H30ClN7O2. The Morgan fingerprint density at radius 1 is 1.21 bits per heavy atom. The van der Waals surface area contributed by atoms with Gasteiger partial charge in [-0.25, -0.2) is 9.97 Å². The lowest BCUT2D eigenvalue weighted by molar-refractivity contribution is -0.122. The van der Waals surface area contributed by atoms with E-state index in [0.717, 1.165) is 56.5 Å². The fourth-order valence-electron chi connectivity index (χ4n) is 5.02. The van der Waals surface area contributed by atoms with Crippen LogP contribution < -0.4 is 16.4 Å². The van der Waals surface area contributed by atoms with E-state index in [4.69, 9.17) is 32.0 Å². The number of rotatable bonds is 6. The summed E-state index contributed by atoms with van der Waals surface area (Å²) in [7, 11) is 0. The van der Waals surface area contributed by atoms with Crippen LogP contribution in [0.1, 0.15) is 51.5 Å². The number of primary amides is 1. The molecule has 5 rings (SSSR count). The van der Waals surface area contributed by atoms with Gasteiger partial charge >= 0.3 is 0 Å². The van der Waals surface area contributed by atoms with E-state index in [1.807, 2.05) is 24.3 Å². The topological polar surface area (TPSA) is 120 Å². The quantitative estimate of drug-likeness (QED) is 0.474. The van der Waals surface area contributed by atoms with Crippen molar-refractivity contribution in [2.75, 3.05) is 17.2 Å². The molecule has 34 heavy (non-hydrogen) atoms. The van der Waals surface area contributed by atoms with Gasteiger partial charge in [0.15, 0.2) is 5.65 Å². The van der Waals surface area contributed by atoms with Crippen LogP contribution in [0.5, 0.6) is 0 Å². The summed E-state index contributed by atoms with van der Waals surface area (Å²) in [6.07, 6.45) is 6.99. The zero-order valence-electron chi connectivity index (χ0n) is 19.2. The Morgan fingerprint density at radius 3 is 2.76 bits per heavy atom. The normalized spacial score (nSPS) is 25.2. The van der Waals surface area contributed by atoms with Gasteiger partial charge in [-0.05, 0) is 63.6 Å². The highest BCUT2D eigenvalue weighted by molar-refractivity contribution is 6.30. The lowest BCUT2D eigenvalue weighted by Crippen LogP contribution is -2.33. The highest BCUT2D eigenvalue weighted by Crippen LogP contribution is 2.37. The van der Waals surface area contributed by atoms with Crippen LogP contribution >= 0.6 is 11.6 Å². The highest BCUT2D eigenvalue weighted by atomic mass is 35.5. The minimum absolute atomic E-state index is 0.0715. The molecule has 0 radical (unpaired) electrons. The summed E-state index contributed by atoms with van der Waals surface area (Å²) in [5, 5.41) is 7.54. The summed E-state index contributed by atoms with van der Waals surface area (Å²) >= 11 is 6.20. The molecule has 4 N–H and O–H groups in total. The molecule has 3 heterocycles. The number of benzene rings is 1. The molecule has 180 valence electrons. The number of hydrogen-bond acceptors (Lipinski definition) is 7. The van der Waals surface area contributed by atoms with Crippen LogP contribution in [0.3, 0.4) is 0 Å². The zero-order valence-corrected chi connectivity index (χ0v) is 20.0. The second-order valence-electron chi connectivity index (χ2n) is 9.30. The number of ether oxygens (including phenoxy) is 1. The number of hydrogen-bond donors (Lipinski definition) is 3. The number of anilines is 3. The maximum atomic E-state index is 11.7. The van der Waals surface area contributed by atoms with Crippen molar-refractivity contribution in [2.24, 2.45) is 11.7 Å². The minimum atomic E-state index is -0.217.